The van der Waals surface area contributed by atoms with E-state index in [4.69, 9.17) is 4.74 Å². The zero-order valence-electron chi connectivity index (χ0n) is 11.5. The molecule has 0 fully saturated rings. The summed E-state index contributed by atoms with van der Waals surface area (Å²) in [4.78, 5) is 0. The number of nitrogens with one attached hydrogen (secondary N) is 1. The molecule has 17 heavy (non-hydrogen) atoms. The fourth-order valence-electron chi connectivity index (χ4n) is 1.66. The fraction of sp³-hybridized carbons (Fsp3) is 0.600. The van der Waals surface area contributed by atoms with Crippen LogP contribution in [0.1, 0.15) is 32.8 Å². The number of hydrogen-bond donors (Lipinski definition) is 1. The Morgan fingerprint density at radius 3 is 2.65 bits per heavy atom. The van der Waals surface area contributed by atoms with Crippen LogP contribution in [0, 0.1) is 12.8 Å². The molecule has 1 aromatic carbocycles. The molecule has 0 aliphatic rings. The highest BCUT2D eigenvalue weighted by molar-refractivity contribution is 5.27. The molecule has 96 valence electrons. The molecule has 1 atom stereocenters. The van der Waals surface area contributed by atoms with E-state index < -0.39 is 0 Å². The van der Waals surface area contributed by atoms with Crippen molar-refractivity contribution in [2.24, 2.45) is 5.92 Å². The highest BCUT2D eigenvalue weighted by Crippen LogP contribution is 2.13. The van der Waals surface area contributed by atoms with E-state index in [1.165, 1.54) is 12.0 Å². The van der Waals surface area contributed by atoms with Crippen LogP contribution in [0.25, 0.3) is 0 Å². The highest BCUT2D eigenvalue weighted by atomic mass is 16.5. The van der Waals surface area contributed by atoms with Crippen molar-refractivity contribution in [3.63, 3.8) is 0 Å². The molecule has 0 amide bonds. The van der Waals surface area contributed by atoms with E-state index >= 15 is 0 Å². The smallest absolute Gasteiger partial charge is 0.120 e. The minimum Gasteiger partial charge on any atom is -0.489 e. The molecule has 1 unspecified atom stereocenters. The van der Waals surface area contributed by atoms with Crippen LogP contribution in [0.3, 0.4) is 0 Å². The third-order valence-electron chi connectivity index (χ3n) is 2.66. The monoisotopic (exact) mass is 235 g/mol. The Bertz CT molecular complexity index is 322. The van der Waals surface area contributed by atoms with Crippen molar-refractivity contribution >= 4 is 0 Å². The predicted molar refractivity (Wildman–Crippen MR) is 73.6 cm³/mol. The van der Waals surface area contributed by atoms with Gasteiger partial charge in [-0.05, 0) is 50.4 Å². The van der Waals surface area contributed by atoms with E-state index in [0.717, 1.165) is 24.8 Å². The number of benzene rings is 1. The number of ether oxygens (including phenoxy) is 1. The average molecular weight is 235 g/mol. The standard InChI is InChI=1S/C15H25NO/c1-12(2)8-9-16-11-14(4)17-15-7-5-6-13(3)10-15/h5-7,10,12,14,16H,8-9,11H2,1-4H3. The van der Waals surface area contributed by atoms with Gasteiger partial charge in [-0.2, -0.15) is 0 Å². The van der Waals surface area contributed by atoms with Gasteiger partial charge in [0.05, 0.1) is 0 Å². The Balaban J connectivity index is 2.23. The summed E-state index contributed by atoms with van der Waals surface area (Å²) in [5, 5.41) is 3.43. The van der Waals surface area contributed by atoms with Crippen LogP contribution in [0.2, 0.25) is 0 Å². The highest BCUT2D eigenvalue weighted by Gasteiger charge is 2.03. The van der Waals surface area contributed by atoms with E-state index in [1.54, 1.807) is 0 Å². The molecule has 2 heteroatoms. The van der Waals surface area contributed by atoms with E-state index in [-0.39, 0.29) is 6.10 Å². The molecule has 1 rings (SSSR count). The molecular weight excluding hydrogens is 210 g/mol. The molecule has 0 heterocycles. The number of rotatable bonds is 7. The molecular formula is C15H25NO. The Hall–Kier alpha value is -1.02. The molecule has 0 radical (unpaired) electrons. The van der Waals surface area contributed by atoms with Gasteiger partial charge in [0.1, 0.15) is 11.9 Å². The Labute approximate surface area is 105 Å². The largest absolute Gasteiger partial charge is 0.489 e. The van der Waals surface area contributed by atoms with Gasteiger partial charge in [0.25, 0.3) is 0 Å². The molecule has 0 saturated carbocycles. The minimum absolute atomic E-state index is 0.212. The molecule has 2 nitrogen and oxygen atoms in total. The maximum atomic E-state index is 5.84. The van der Waals surface area contributed by atoms with Crippen LogP contribution in [0.15, 0.2) is 24.3 Å². The number of aryl methyl sites for hydroxylation is 1. The first-order chi connectivity index (χ1) is 8.08. The quantitative estimate of drug-likeness (QED) is 0.731. The summed E-state index contributed by atoms with van der Waals surface area (Å²) in [6.45, 7) is 10.6. The van der Waals surface area contributed by atoms with E-state index in [1.807, 2.05) is 12.1 Å². The minimum atomic E-state index is 0.212. The van der Waals surface area contributed by atoms with Gasteiger partial charge in [-0.3, -0.25) is 0 Å². The van der Waals surface area contributed by atoms with Gasteiger partial charge in [-0.1, -0.05) is 26.0 Å². The predicted octanol–water partition coefficient (Wildman–Crippen LogP) is 3.40. The van der Waals surface area contributed by atoms with Crippen LogP contribution < -0.4 is 10.1 Å². The Morgan fingerprint density at radius 1 is 1.24 bits per heavy atom. The Morgan fingerprint density at radius 2 is 2.00 bits per heavy atom. The number of hydrogen-bond acceptors (Lipinski definition) is 2. The molecule has 0 aliphatic carbocycles. The van der Waals surface area contributed by atoms with E-state index in [0.29, 0.717) is 0 Å². The van der Waals surface area contributed by atoms with Crippen molar-refractivity contribution in [1.29, 1.82) is 0 Å². The SMILES string of the molecule is Cc1cccc(OC(C)CNCCC(C)C)c1. The third-order valence-corrected chi connectivity index (χ3v) is 2.66. The lowest BCUT2D eigenvalue weighted by Gasteiger charge is -2.16. The van der Waals surface area contributed by atoms with Gasteiger partial charge >= 0.3 is 0 Å². The average Bonchev–Trinajstić information content (AvgIpc) is 2.24. The van der Waals surface area contributed by atoms with Crippen LogP contribution in [0.5, 0.6) is 5.75 Å². The van der Waals surface area contributed by atoms with Gasteiger partial charge in [-0.15, -0.1) is 0 Å². The second kappa shape index (κ2) is 7.33. The second-order valence-electron chi connectivity index (χ2n) is 5.13. The lowest BCUT2D eigenvalue weighted by atomic mass is 10.1. The summed E-state index contributed by atoms with van der Waals surface area (Å²) in [6, 6.07) is 8.20. The fourth-order valence-corrected chi connectivity index (χ4v) is 1.66. The zero-order valence-corrected chi connectivity index (χ0v) is 11.5. The maximum Gasteiger partial charge on any atom is 0.120 e. The maximum absolute atomic E-state index is 5.84. The summed E-state index contributed by atoms with van der Waals surface area (Å²) < 4.78 is 5.84. The lowest BCUT2D eigenvalue weighted by molar-refractivity contribution is 0.216. The third kappa shape index (κ3) is 6.32. The summed E-state index contributed by atoms with van der Waals surface area (Å²) in [6.07, 6.45) is 1.43. The molecule has 1 aromatic rings. The first-order valence-corrected chi connectivity index (χ1v) is 6.52. The topological polar surface area (TPSA) is 21.3 Å². The van der Waals surface area contributed by atoms with Crippen LogP contribution in [-0.2, 0) is 0 Å². The second-order valence-corrected chi connectivity index (χ2v) is 5.13. The van der Waals surface area contributed by atoms with Crippen molar-refractivity contribution in [1.82, 2.24) is 5.32 Å². The molecule has 0 aromatic heterocycles. The molecule has 0 spiro atoms. The summed E-state index contributed by atoms with van der Waals surface area (Å²) in [5.74, 6) is 1.72. The van der Waals surface area contributed by atoms with Gasteiger partial charge in [0, 0.05) is 6.54 Å². The van der Waals surface area contributed by atoms with Gasteiger partial charge in [0.15, 0.2) is 0 Å². The van der Waals surface area contributed by atoms with Crippen molar-refractivity contribution in [2.45, 2.75) is 40.2 Å². The van der Waals surface area contributed by atoms with Gasteiger partial charge < -0.3 is 10.1 Å². The molecule has 1 N–H and O–H groups in total. The van der Waals surface area contributed by atoms with Crippen molar-refractivity contribution in [3.05, 3.63) is 29.8 Å². The van der Waals surface area contributed by atoms with Crippen molar-refractivity contribution in [3.8, 4) is 5.75 Å². The van der Waals surface area contributed by atoms with Crippen molar-refractivity contribution < 1.29 is 4.74 Å². The molecule has 0 aliphatic heterocycles. The van der Waals surface area contributed by atoms with Crippen molar-refractivity contribution in [2.75, 3.05) is 13.1 Å². The Kier molecular flexibility index (Phi) is 6.06. The van der Waals surface area contributed by atoms with E-state index in [2.05, 4.69) is 45.1 Å². The first kappa shape index (κ1) is 14.0. The van der Waals surface area contributed by atoms with Crippen LogP contribution in [-0.4, -0.2) is 19.2 Å². The normalized spacial score (nSPS) is 12.8. The molecule has 0 saturated heterocycles. The first-order valence-electron chi connectivity index (χ1n) is 6.52. The summed E-state index contributed by atoms with van der Waals surface area (Å²) in [7, 11) is 0. The lowest BCUT2D eigenvalue weighted by Crippen LogP contribution is -2.30. The summed E-state index contributed by atoms with van der Waals surface area (Å²) in [5.41, 5.74) is 1.24. The van der Waals surface area contributed by atoms with E-state index in [9.17, 15) is 0 Å². The summed E-state index contributed by atoms with van der Waals surface area (Å²) >= 11 is 0. The van der Waals surface area contributed by atoms with Crippen LogP contribution >= 0.6 is 0 Å². The van der Waals surface area contributed by atoms with Crippen LogP contribution in [0.4, 0.5) is 0 Å². The molecule has 0 bridgehead atoms. The van der Waals surface area contributed by atoms with Gasteiger partial charge in [0.2, 0.25) is 0 Å². The van der Waals surface area contributed by atoms with Gasteiger partial charge in [-0.25, -0.2) is 0 Å². The zero-order chi connectivity index (χ0) is 12.7.